The zero-order valence-electron chi connectivity index (χ0n) is 20.2. The lowest BCUT2D eigenvalue weighted by molar-refractivity contribution is 0.200. The van der Waals surface area contributed by atoms with E-state index in [0.29, 0.717) is 12.5 Å². The van der Waals surface area contributed by atoms with Crippen LogP contribution in [0.2, 0.25) is 0 Å². The van der Waals surface area contributed by atoms with Gasteiger partial charge >= 0.3 is 0 Å². The van der Waals surface area contributed by atoms with Crippen LogP contribution in [0.25, 0.3) is 11.2 Å². The zero-order chi connectivity index (χ0) is 23.7. The van der Waals surface area contributed by atoms with E-state index in [1.54, 1.807) is 19.5 Å². The molecule has 0 N–H and O–H groups in total. The number of aromatic nitrogens is 5. The fraction of sp³-hybridized carbons (Fsp3) is 0.385. The van der Waals surface area contributed by atoms with E-state index in [1.807, 2.05) is 44.0 Å². The van der Waals surface area contributed by atoms with Crippen LogP contribution in [0.3, 0.4) is 0 Å². The van der Waals surface area contributed by atoms with Crippen LogP contribution < -0.4 is 14.4 Å². The van der Waals surface area contributed by atoms with Crippen molar-refractivity contribution in [3.63, 3.8) is 0 Å². The molecule has 4 aromatic rings. The molecule has 5 rings (SSSR count). The van der Waals surface area contributed by atoms with Crippen molar-refractivity contribution in [2.45, 2.75) is 52.2 Å². The molecule has 0 unspecified atom stereocenters. The van der Waals surface area contributed by atoms with Crippen LogP contribution >= 0.6 is 0 Å². The van der Waals surface area contributed by atoms with Crippen molar-refractivity contribution in [2.75, 3.05) is 19.1 Å². The molecule has 1 saturated carbocycles. The van der Waals surface area contributed by atoms with Crippen LogP contribution in [0.5, 0.6) is 11.5 Å². The molecule has 0 radical (unpaired) electrons. The number of benzene rings is 1. The number of methoxy groups -OCH3 is 1. The van der Waals surface area contributed by atoms with Crippen molar-refractivity contribution >= 4 is 22.8 Å². The third-order valence-electron chi connectivity index (χ3n) is 6.46. The Morgan fingerprint density at radius 2 is 1.76 bits per heavy atom. The van der Waals surface area contributed by atoms with Gasteiger partial charge in [-0.2, -0.15) is 4.98 Å². The molecule has 3 aromatic heterocycles. The Balaban J connectivity index is 1.50. The summed E-state index contributed by atoms with van der Waals surface area (Å²) in [5.41, 5.74) is 4.56. The lowest BCUT2D eigenvalue weighted by Crippen LogP contribution is -2.14. The minimum Gasteiger partial charge on any atom is -0.493 e. The van der Waals surface area contributed by atoms with E-state index in [9.17, 15) is 0 Å². The molecular formula is C26H30N6O2. The molecule has 0 bridgehead atoms. The van der Waals surface area contributed by atoms with Crippen molar-refractivity contribution in [1.29, 1.82) is 0 Å². The summed E-state index contributed by atoms with van der Waals surface area (Å²) in [6.45, 7) is 4.61. The van der Waals surface area contributed by atoms with E-state index >= 15 is 0 Å². The van der Waals surface area contributed by atoms with Crippen LogP contribution in [0.1, 0.15) is 42.8 Å². The number of rotatable bonds is 7. The average molecular weight is 459 g/mol. The fourth-order valence-corrected chi connectivity index (χ4v) is 4.53. The molecule has 0 spiro atoms. The Morgan fingerprint density at radius 3 is 2.50 bits per heavy atom. The van der Waals surface area contributed by atoms with Crippen molar-refractivity contribution in [3.05, 3.63) is 59.8 Å². The predicted molar refractivity (Wildman–Crippen MR) is 132 cm³/mol. The zero-order valence-corrected chi connectivity index (χ0v) is 20.2. The summed E-state index contributed by atoms with van der Waals surface area (Å²) in [5.74, 6) is 3.09. The highest BCUT2D eigenvalue weighted by molar-refractivity contribution is 5.76. The minimum absolute atomic E-state index is 0.265. The summed E-state index contributed by atoms with van der Waals surface area (Å²) in [4.78, 5) is 20.5. The number of imidazole rings is 1. The summed E-state index contributed by atoms with van der Waals surface area (Å²) in [5, 5.41) is 0. The smallest absolute Gasteiger partial charge is 0.231 e. The van der Waals surface area contributed by atoms with Gasteiger partial charge in [-0.05, 0) is 69.4 Å². The Morgan fingerprint density at radius 1 is 1.00 bits per heavy atom. The van der Waals surface area contributed by atoms with Crippen molar-refractivity contribution in [2.24, 2.45) is 0 Å². The van der Waals surface area contributed by atoms with E-state index in [4.69, 9.17) is 24.4 Å². The number of fused-ring (bicyclic) bond motifs is 1. The predicted octanol–water partition coefficient (Wildman–Crippen LogP) is 4.98. The lowest BCUT2D eigenvalue weighted by atomic mass is 10.2. The second kappa shape index (κ2) is 9.29. The molecule has 8 heteroatoms. The van der Waals surface area contributed by atoms with Crippen molar-refractivity contribution in [3.8, 4) is 11.5 Å². The van der Waals surface area contributed by atoms with E-state index in [2.05, 4.69) is 21.7 Å². The molecule has 0 saturated heterocycles. The Hall–Kier alpha value is -3.68. The number of anilines is 2. The average Bonchev–Trinajstić information content (AvgIpc) is 3.48. The van der Waals surface area contributed by atoms with Gasteiger partial charge in [-0.25, -0.2) is 9.97 Å². The molecule has 1 fully saturated rings. The van der Waals surface area contributed by atoms with Gasteiger partial charge in [-0.15, -0.1) is 0 Å². The first-order valence-corrected chi connectivity index (χ1v) is 11.7. The number of hydrogen-bond donors (Lipinski definition) is 0. The first-order chi connectivity index (χ1) is 16.5. The van der Waals surface area contributed by atoms with Gasteiger partial charge in [0, 0.05) is 25.1 Å². The van der Waals surface area contributed by atoms with Gasteiger partial charge in [0.25, 0.3) is 0 Å². The molecule has 1 aromatic carbocycles. The van der Waals surface area contributed by atoms with Gasteiger partial charge in [0.05, 0.1) is 25.5 Å². The normalized spacial score (nSPS) is 14.0. The summed E-state index contributed by atoms with van der Waals surface area (Å²) >= 11 is 0. The van der Waals surface area contributed by atoms with Gasteiger partial charge < -0.3 is 18.9 Å². The Labute approximate surface area is 199 Å². The first-order valence-electron chi connectivity index (χ1n) is 11.7. The molecule has 176 valence electrons. The second-order valence-corrected chi connectivity index (χ2v) is 8.80. The molecular weight excluding hydrogens is 428 g/mol. The van der Waals surface area contributed by atoms with Gasteiger partial charge in [0.15, 0.2) is 17.1 Å². The summed E-state index contributed by atoms with van der Waals surface area (Å²) in [6.07, 6.45) is 8.44. The SMILES string of the molecule is COc1ccc(Cn2c(C)nc3c(C)nc(N(C)c4ccncc4)nc32)cc1OC1CCCC1. The van der Waals surface area contributed by atoms with Crippen molar-refractivity contribution in [1.82, 2.24) is 24.5 Å². The highest BCUT2D eigenvalue weighted by atomic mass is 16.5. The minimum atomic E-state index is 0.265. The molecule has 3 heterocycles. The monoisotopic (exact) mass is 458 g/mol. The van der Waals surface area contributed by atoms with E-state index < -0.39 is 0 Å². The molecule has 34 heavy (non-hydrogen) atoms. The van der Waals surface area contributed by atoms with E-state index in [1.165, 1.54) is 12.8 Å². The van der Waals surface area contributed by atoms with Crippen LogP contribution in [-0.2, 0) is 6.54 Å². The molecule has 0 atom stereocenters. The maximum atomic E-state index is 6.31. The summed E-state index contributed by atoms with van der Waals surface area (Å²) in [7, 11) is 3.64. The number of hydrogen-bond acceptors (Lipinski definition) is 7. The van der Waals surface area contributed by atoms with Crippen LogP contribution in [0.15, 0.2) is 42.7 Å². The Bertz CT molecular complexity index is 1300. The highest BCUT2D eigenvalue weighted by Gasteiger charge is 2.20. The summed E-state index contributed by atoms with van der Waals surface area (Å²) < 4.78 is 14.0. The third-order valence-corrected chi connectivity index (χ3v) is 6.46. The number of nitrogens with zero attached hydrogens (tertiary/aromatic N) is 6. The van der Waals surface area contributed by atoms with Crippen LogP contribution in [0, 0.1) is 13.8 Å². The third kappa shape index (κ3) is 4.27. The van der Waals surface area contributed by atoms with E-state index in [-0.39, 0.29) is 6.10 Å². The number of aryl methyl sites for hydroxylation is 2. The van der Waals surface area contributed by atoms with Crippen LogP contribution in [-0.4, -0.2) is 44.8 Å². The Kier molecular flexibility index (Phi) is 6.04. The number of pyridine rings is 1. The largest absolute Gasteiger partial charge is 0.493 e. The molecule has 1 aliphatic carbocycles. The quantitative estimate of drug-likeness (QED) is 0.386. The standard InChI is InChI=1S/C26H30N6O2/c1-17-24-25(30-26(28-17)31(3)20-11-13-27-14-12-20)32(18(2)29-24)16-19-9-10-22(33-4)23(15-19)34-21-7-5-6-8-21/h9-15,21H,5-8,16H2,1-4H3. The van der Waals surface area contributed by atoms with E-state index in [0.717, 1.165) is 58.3 Å². The van der Waals surface area contributed by atoms with Gasteiger partial charge in [-0.3, -0.25) is 4.98 Å². The maximum absolute atomic E-state index is 6.31. The fourth-order valence-electron chi connectivity index (χ4n) is 4.53. The maximum Gasteiger partial charge on any atom is 0.231 e. The lowest BCUT2D eigenvalue weighted by Gasteiger charge is -2.18. The molecule has 0 amide bonds. The summed E-state index contributed by atoms with van der Waals surface area (Å²) in [6, 6.07) is 10.0. The number of ether oxygens (including phenoxy) is 2. The van der Waals surface area contributed by atoms with Gasteiger partial charge in [0.2, 0.25) is 5.95 Å². The van der Waals surface area contributed by atoms with Gasteiger partial charge in [0.1, 0.15) is 11.3 Å². The van der Waals surface area contributed by atoms with Crippen molar-refractivity contribution < 1.29 is 9.47 Å². The molecule has 1 aliphatic rings. The molecule has 0 aliphatic heterocycles. The first kappa shape index (κ1) is 22.1. The topological polar surface area (TPSA) is 78.2 Å². The van der Waals surface area contributed by atoms with Gasteiger partial charge in [-0.1, -0.05) is 6.07 Å². The van der Waals surface area contributed by atoms with Crippen LogP contribution in [0.4, 0.5) is 11.6 Å². The molecule has 8 nitrogen and oxygen atoms in total. The second-order valence-electron chi connectivity index (χ2n) is 8.80. The highest BCUT2D eigenvalue weighted by Crippen LogP contribution is 2.33.